The van der Waals surface area contributed by atoms with Crippen molar-refractivity contribution in [2.45, 2.75) is 116 Å². The zero-order valence-electron chi connectivity index (χ0n) is 19.4. The average Bonchev–Trinajstić information content (AvgIpc) is 2.64. The molecule has 0 unspecified atom stereocenters. The van der Waals surface area contributed by atoms with Gasteiger partial charge in [-0.15, -0.1) is 0 Å². The van der Waals surface area contributed by atoms with E-state index in [1.165, 1.54) is 77.0 Å². The molecule has 0 spiro atoms. The van der Waals surface area contributed by atoms with E-state index in [-0.39, 0.29) is 41.2 Å². The summed E-state index contributed by atoms with van der Waals surface area (Å²) in [7, 11) is -2.38. The Morgan fingerprint density at radius 1 is 0.724 bits per heavy atom. The van der Waals surface area contributed by atoms with Gasteiger partial charge in [0.2, 0.25) is 5.91 Å². The van der Waals surface area contributed by atoms with Crippen molar-refractivity contribution in [3.63, 3.8) is 0 Å². The summed E-state index contributed by atoms with van der Waals surface area (Å²) in [6.07, 6.45) is 19.7. The maximum atomic E-state index is 12.0. The Hall–Kier alpha value is 0.380. The summed E-state index contributed by atoms with van der Waals surface area (Å²) in [5.74, 6) is -0.225. The fraction of sp³-hybridized carbons (Fsp3) is 0.955. The van der Waals surface area contributed by atoms with Crippen LogP contribution in [-0.2, 0) is 14.9 Å². The summed E-state index contributed by atoms with van der Waals surface area (Å²) < 4.78 is 31.6. The SMILES string of the molecule is CCCCCCCCCCCCCCCCC(=O)N(C)CCCCS(=O)(=O)[O-].[Na+]. The molecule has 0 N–H and O–H groups in total. The van der Waals surface area contributed by atoms with E-state index in [2.05, 4.69) is 6.92 Å². The minimum Gasteiger partial charge on any atom is -0.748 e. The van der Waals surface area contributed by atoms with E-state index < -0.39 is 10.1 Å². The van der Waals surface area contributed by atoms with Gasteiger partial charge in [-0.25, -0.2) is 8.42 Å². The molecule has 0 aromatic rings. The van der Waals surface area contributed by atoms with E-state index in [0.717, 1.165) is 12.8 Å². The van der Waals surface area contributed by atoms with Crippen LogP contribution in [-0.4, -0.2) is 43.1 Å². The summed E-state index contributed by atoms with van der Waals surface area (Å²) in [5.41, 5.74) is 0. The van der Waals surface area contributed by atoms with E-state index in [1.807, 2.05) is 0 Å². The Balaban J connectivity index is 0. The Morgan fingerprint density at radius 3 is 1.55 bits per heavy atom. The molecule has 0 rings (SSSR count). The van der Waals surface area contributed by atoms with Crippen molar-refractivity contribution in [1.82, 2.24) is 4.90 Å². The van der Waals surface area contributed by atoms with Gasteiger partial charge in [-0.05, 0) is 19.3 Å². The molecule has 0 aromatic carbocycles. The van der Waals surface area contributed by atoms with Gasteiger partial charge in [0.25, 0.3) is 0 Å². The van der Waals surface area contributed by atoms with E-state index in [0.29, 0.717) is 25.8 Å². The van der Waals surface area contributed by atoms with Crippen molar-refractivity contribution in [3.05, 3.63) is 0 Å². The predicted octanol–water partition coefficient (Wildman–Crippen LogP) is 2.65. The first-order valence-corrected chi connectivity index (χ1v) is 13.1. The van der Waals surface area contributed by atoms with E-state index >= 15 is 0 Å². The molecule has 0 aliphatic carbocycles. The zero-order valence-corrected chi connectivity index (χ0v) is 22.2. The molecular weight excluding hydrogens is 397 g/mol. The molecule has 1 amide bonds. The number of carbonyl (C=O) groups is 1. The van der Waals surface area contributed by atoms with Gasteiger partial charge in [-0.1, -0.05) is 90.4 Å². The van der Waals surface area contributed by atoms with Crippen molar-refractivity contribution in [3.8, 4) is 0 Å². The number of hydrogen-bond donors (Lipinski definition) is 0. The monoisotopic (exact) mass is 441 g/mol. The van der Waals surface area contributed by atoms with Crippen LogP contribution in [0.1, 0.15) is 116 Å². The van der Waals surface area contributed by atoms with E-state index in [9.17, 15) is 17.8 Å². The quantitative estimate of drug-likeness (QED) is 0.165. The fourth-order valence-electron chi connectivity index (χ4n) is 3.41. The van der Waals surface area contributed by atoms with Crippen molar-refractivity contribution in [2.24, 2.45) is 0 Å². The zero-order chi connectivity index (χ0) is 21.1. The van der Waals surface area contributed by atoms with Crippen molar-refractivity contribution in [2.75, 3.05) is 19.3 Å². The van der Waals surface area contributed by atoms with Crippen LogP contribution < -0.4 is 29.6 Å². The third kappa shape index (κ3) is 24.5. The third-order valence-electron chi connectivity index (χ3n) is 5.31. The number of rotatable bonds is 20. The first-order valence-electron chi connectivity index (χ1n) is 11.5. The van der Waals surface area contributed by atoms with Crippen molar-refractivity contribution in [1.29, 1.82) is 0 Å². The first kappa shape index (κ1) is 31.6. The number of hydrogen-bond acceptors (Lipinski definition) is 4. The molecule has 29 heavy (non-hydrogen) atoms. The molecule has 0 aromatic heterocycles. The normalized spacial score (nSPS) is 11.3. The van der Waals surface area contributed by atoms with Crippen molar-refractivity contribution >= 4 is 16.0 Å². The van der Waals surface area contributed by atoms with Gasteiger partial charge in [-0.3, -0.25) is 4.79 Å². The van der Waals surface area contributed by atoms with Gasteiger partial charge in [0.05, 0.1) is 10.1 Å². The average molecular weight is 442 g/mol. The smallest absolute Gasteiger partial charge is 0.748 e. The topological polar surface area (TPSA) is 77.5 Å². The number of amides is 1. The van der Waals surface area contributed by atoms with Crippen LogP contribution in [0.4, 0.5) is 0 Å². The predicted molar refractivity (Wildman–Crippen MR) is 116 cm³/mol. The molecule has 0 aliphatic rings. The molecular formula is C22H44NNaO4S. The molecule has 5 nitrogen and oxygen atoms in total. The second-order valence-electron chi connectivity index (χ2n) is 8.13. The van der Waals surface area contributed by atoms with Crippen LogP contribution in [0.25, 0.3) is 0 Å². The molecule has 7 heteroatoms. The van der Waals surface area contributed by atoms with Crippen LogP contribution in [0, 0.1) is 0 Å². The number of nitrogens with zero attached hydrogens (tertiary/aromatic N) is 1. The van der Waals surface area contributed by atoms with Gasteiger partial charge in [0, 0.05) is 25.8 Å². The summed E-state index contributed by atoms with van der Waals surface area (Å²) >= 11 is 0. The Kier molecular flexibility index (Phi) is 23.5. The van der Waals surface area contributed by atoms with Gasteiger partial charge in [0.1, 0.15) is 0 Å². The van der Waals surface area contributed by atoms with Crippen LogP contribution in [0.15, 0.2) is 0 Å². The largest absolute Gasteiger partial charge is 1.00 e. The van der Waals surface area contributed by atoms with Crippen LogP contribution >= 0.6 is 0 Å². The molecule has 0 radical (unpaired) electrons. The minimum atomic E-state index is -4.13. The molecule has 0 aliphatic heterocycles. The Labute approximate surface area is 202 Å². The van der Waals surface area contributed by atoms with E-state index in [4.69, 9.17) is 0 Å². The summed E-state index contributed by atoms with van der Waals surface area (Å²) in [6, 6.07) is 0. The van der Waals surface area contributed by atoms with Crippen LogP contribution in [0.5, 0.6) is 0 Å². The second kappa shape index (κ2) is 21.6. The third-order valence-corrected chi connectivity index (χ3v) is 6.10. The van der Waals surface area contributed by atoms with E-state index in [1.54, 1.807) is 11.9 Å². The minimum absolute atomic E-state index is 0. The Morgan fingerprint density at radius 2 is 1.14 bits per heavy atom. The van der Waals surface area contributed by atoms with Crippen molar-refractivity contribution < 1.29 is 47.3 Å². The molecule has 168 valence electrons. The molecule has 0 atom stereocenters. The Bertz CT molecular complexity index is 471. The maximum absolute atomic E-state index is 12.0. The van der Waals surface area contributed by atoms with Gasteiger partial charge < -0.3 is 9.45 Å². The van der Waals surface area contributed by atoms with Gasteiger partial charge in [-0.2, -0.15) is 0 Å². The molecule has 0 heterocycles. The molecule has 0 bridgehead atoms. The molecule has 0 saturated carbocycles. The van der Waals surface area contributed by atoms with Crippen LogP contribution in [0.2, 0.25) is 0 Å². The molecule has 0 saturated heterocycles. The summed E-state index contributed by atoms with van der Waals surface area (Å²) in [4.78, 5) is 13.7. The fourth-order valence-corrected chi connectivity index (χ4v) is 3.97. The summed E-state index contributed by atoms with van der Waals surface area (Å²) in [6.45, 7) is 2.78. The van der Waals surface area contributed by atoms with Crippen LogP contribution in [0.3, 0.4) is 0 Å². The number of carbonyl (C=O) groups excluding carboxylic acids is 1. The first-order chi connectivity index (χ1) is 13.4. The standard InChI is InChI=1S/C22H45NO4S.Na/c1-3-4-5-6-7-8-9-10-11-12-13-14-15-16-19-22(24)23(2)20-17-18-21-28(25,26)27;/h3-21H2,1-2H3,(H,25,26,27);/q;+1/p-1. The molecule has 0 fully saturated rings. The van der Waals surface area contributed by atoms with Gasteiger partial charge in [0.15, 0.2) is 0 Å². The van der Waals surface area contributed by atoms with Gasteiger partial charge >= 0.3 is 29.6 Å². The number of unbranched alkanes of at least 4 members (excludes halogenated alkanes) is 14. The second-order valence-corrected chi connectivity index (χ2v) is 9.65. The summed E-state index contributed by atoms with van der Waals surface area (Å²) in [5, 5.41) is 0. The maximum Gasteiger partial charge on any atom is 1.00 e.